The largest absolute Gasteiger partial charge is 0.493 e. The van der Waals surface area contributed by atoms with Crippen molar-refractivity contribution in [1.82, 2.24) is 4.90 Å². The minimum absolute atomic E-state index is 0.157. The SMILES string of the molecule is COc1cc2c(cc1OC)C(c1cccs1)N(C(=O)c1sc3cc(F)ccc3c1Cl)CC2. The highest BCUT2D eigenvalue weighted by Crippen LogP contribution is 2.44. The topological polar surface area (TPSA) is 38.8 Å². The first-order valence-corrected chi connectivity index (χ1v) is 12.1. The fourth-order valence-corrected chi connectivity index (χ4v) is 6.57. The number of carbonyl (C=O) groups is 1. The van der Waals surface area contributed by atoms with Gasteiger partial charge in [-0.2, -0.15) is 0 Å². The predicted molar refractivity (Wildman–Crippen MR) is 127 cm³/mol. The van der Waals surface area contributed by atoms with Crippen LogP contribution in [-0.2, 0) is 6.42 Å². The van der Waals surface area contributed by atoms with Crippen molar-refractivity contribution in [1.29, 1.82) is 0 Å². The molecule has 1 unspecified atom stereocenters. The molecule has 1 amide bonds. The lowest BCUT2D eigenvalue weighted by atomic mass is 9.90. The lowest BCUT2D eigenvalue weighted by molar-refractivity contribution is 0.0702. The summed E-state index contributed by atoms with van der Waals surface area (Å²) in [5, 5.41) is 3.07. The number of rotatable bonds is 4. The van der Waals surface area contributed by atoms with Crippen molar-refractivity contribution in [2.75, 3.05) is 20.8 Å². The summed E-state index contributed by atoms with van der Waals surface area (Å²) in [7, 11) is 3.22. The Hall–Kier alpha value is -2.61. The number of hydrogen-bond donors (Lipinski definition) is 0. The highest BCUT2D eigenvalue weighted by Gasteiger charge is 2.36. The molecule has 3 heterocycles. The number of ether oxygens (including phenoxy) is 2. The lowest BCUT2D eigenvalue weighted by Gasteiger charge is -2.37. The molecule has 1 aliphatic rings. The fourth-order valence-electron chi connectivity index (χ4n) is 4.23. The van der Waals surface area contributed by atoms with Crippen molar-refractivity contribution in [3.8, 4) is 11.5 Å². The van der Waals surface area contributed by atoms with Gasteiger partial charge in [-0.15, -0.1) is 22.7 Å². The number of amides is 1. The summed E-state index contributed by atoms with van der Waals surface area (Å²) in [6.07, 6.45) is 0.681. The van der Waals surface area contributed by atoms with E-state index in [2.05, 4.69) is 0 Å². The minimum Gasteiger partial charge on any atom is -0.493 e. The van der Waals surface area contributed by atoms with E-state index >= 15 is 0 Å². The van der Waals surface area contributed by atoms with Gasteiger partial charge in [-0.25, -0.2) is 4.39 Å². The first-order chi connectivity index (χ1) is 15.5. The smallest absolute Gasteiger partial charge is 0.266 e. The number of carbonyl (C=O) groups excluding carboxylic acids is 1. The number of halogens is 2. The van der Waals surface area contributed by atoms with E-state index < -0.39 is 0 Å². The van der Waals surface area contributed by atoms with Crippen molar-refractivity contribution in [2.24, 2.45) is 0 Å². The number of thiophene rings is 2. The normalized spacial score (nSPS) is 15.6. The van der Waals surface area contributed by atoms with Gasteiger partial charge in [0.1, 0.15) is 10.7 Å². The Morgan fingerprint density at radius 3 is 2.66 bits per heavy atom. The molecular weight excluding hydrogens is 469 g/mol. The van der Waals surface area contributed by atoms with Gasteiger partial charge in [0, 0.05) is 21.5 Å². The number of fused-ring (bicyclic) bond motifs is 2. The number of hydrogen-bond acceptors (Lipinski definition) is 5. The van der Waals surface area contributed by atoms with Crippen LogP contribution in [0, 0.1) is 5.82 Å². The molecule has 2 aromatic carbocycles. The monoisotopic (exact) mass is 487 g/mol. The molecule has 0 fully saturated rings. The van der Waals surface area contributed by atoms with Crippen LogP contribution in [0.3, 0.4) is 0 Å². The van der Waals surface area contributed by atoms with Crippen molar-refractivity contribution < 1.29 is 18.7 Å². The highest BCUT2D eigenvalue weighted by atomic mass is 35.5. The molecule has 164 valence electrons. The molecule has 2 aromatic heterocycles. The molecule has 0 bridgehead atoms. The van der Waals surface area contributed by atoms with Crippen LogP contribution in [0.5, 0.6) is 11.5 Å². The third-order valence-electron chi connectivity index (χ3n) is 5.73. The number of methoxy groups -OCH3 is 2. The van der Waals surface area contributed by atoms with Crippen LogP contribution in [-0.4, -0.2) is 31.6 Å². The fraction of sp³-hybridized carbons (Fsp3) is 0.208. The minimum atomic E-state index is -0.348. The number of nitrogens with zero attached hydrogens (tertiary/aromatic N) is 1. The van der Waals surface area contributed by atoms with E-state index in [0.717, 1.165) is 16.0 Å². The Balaban J connectivity index is 1.63. The van der Waals surface area contributed by atoms with E-state index in [1.807, 2.05) is 34.5 Å². The summed E-state index contributed by atoms with van der Waals surface area (Å²) in [5.41, 5.74) is 2.13. The molecule has 0 aliphatic carbocycles. The molecule has 1 aliphatic heterocycles. The van der Waals surface area contributed by atoms with Crippen molar-refractivity contribution in [3.63, 3.8) is 0 Å². The number of benzene rings is 2. The van der Waals surface area contributed by atoms with Gasteiger partial charge in [-0.05, 0) is 59.3 Å². The Kier molecular flexibility index (Phi) is 5.57. The van der Waals surface area contributed by atoms with Gasteiger partial charge in [0.15, 0.2) is 11.5 Å². The average Bonchev–Trinajstić information content (AvgIpc) is 3.45. The molecule has 32 heavy (non-hydrogen) atoms. The van der Waals surface area contributed by atoms with Gasteiger partial charge >= 0.3 is 0 Å². The van der Waals surface area contributed by atoms with Gasteiger partial charge in [-0.3, -0.25) is 4.79 Å². The second-order valence-corrected chi connectivity index (χ2v) is 9.87. The van der Waals surface area contributed by atoms with E-state index in [1.54, 1.807) is 31.6 Å². The maximum Gasteiger partial charge on any atom is 0.266 e. The Labute approximate surface area is 197 Å². The van der Waals surface area contributed by atoms with Crippen molar-refractivity contribution in [2.45, 2.75) is 12.5 Å². The Morgan fingerprint density at radius 2 is 1.94 bits per heavy atom. The predicted octanol–water partition coefficient (Wildman–Crippen LogP) is 6.56. The third kappa shape index (κ3) is 3.45. The molecule has 0 N–H and O–H groups in total. The highest BCUT2D eigenvalue weighted by molar-refractivity contribution is 7.21. The molecule has 0 saturated carbocycles. The summed E-state index contributed by atoms with van der Waals surface area (Å²) in [6.45, 7) is 0.531. The second-order valence-electron chi connectivity index (χ2n) is 7.46. The molecule has 0 saturated heterocycles. The standard InChI is InChI=1S/C24H19ClFNO3S2/c1-29-17-10-13-7-8-27(22(19-4-3-9-31-19)16(13)12-18(17)30-2)24(28)23-21(25)15-6-5-14(26)11-20(15)32-23/h3-6,9-12,22H,7-8H2,1-2H3. The van der Waals surface area contributed by atoms with Crippen LogP contribution in [0.4, 0.5) is 4.39 Å². The summed E-state index contributed by atoms with van der Waals surface area (Å²) >= 11 is 9.42. The zero-order valence-corrected chi connectivity index (χ0v) is 19.7. The van der Waals surface area contributed by atoms with Crippen LogP contribution in [0.25, 0.3) is 10.1 Å². The quantitative estimate of drug-likeness (QED) is 0.327. The first kappa shape index (κ1) is 21.2. The van der Waals surface area contributed by atoms with Crippen molar-refractivity contribution in [3.05, 3.63) is 79.6 Å². The Bertz CT molecular complexity index is 1320. The van der Waals surface area contributed by atoms with E-state index in [9.17, 15) is 9.18 Å². The van der Waals surface area contributed by atoms with Gasteiger partial charge in [0.05, 0.1) is 25.3 Å². The van der Waals surface area contributed by atoms with Crippen LogP contribution < -0.4 is 9.47 Å². The van der Waals surface area contributed by atoms with Crippen LogP contribution in [0.2, 0.25) is 5.02 Å². The molecule has 1 atom stereocenters. The summed E-state index contributed by atoms with van der Waals surface area (Å²) in [6, 6.07) is 12.1. The molecular formula is C24H19ClFNO3S2. The molecule has 0 radical (unpaired) electrons. The van der Waals surface area contributed by atoms with E-state index in [1.165, 1.54) is 23.5 Å². The zero-order chi connectivity index (χ0) is 22.4. The molecule has 4 nitrogen and oxygen atoms in total. The van der Waals surface area contributed by atoms with Crippen LogP contribution in [0.15, 0.2) is 47.8 Å². The summed E-state index contributed by atoms with van der Waals surface area (Å²) < 4.78 is 25.4. The first-order valence-electron chi connectivity index (χ1n) is 9.98. The van der Waals surface area contributed by atoms with Crippen LogP contribution >= 0.6 is 34.3 Å². The Morgan fingerprint density at radius 1 is 1.16 bits per heavy atom. The summed E-state index contributed by atoms with van der Waals surface area (Å²) in [4.78, 5) is 17.1. The van der Waals surface area contributed by atoms with Crippen LogP contribution in [0.1, 0.15) is 31.7 Å². The van der Waals surface area contributed by atoms with E-state index in [4.69, 9.17) is 21.1 Å². The second kappa shape index (κ2) is 8.39. The maximum atomic E-state index is 13.8. The van der Waals surface area contributed by atoms with Gasteiger partial charge in [-0.1, -0.05) is 17.7 Å². The zero-order valence-electron chi connectivity index (χ0n) is 17.4. The van der Waals surface area contributed by atoms with Gasteiger partial charge in [0.25, 0.3) is 5.91 Å². The molecule has 0 spiro atoms. The third-order valence-corrected chi connectivity index (χ3v) is 8.30. The summed E-state index contributed by atoms with van der Waals surface area (Å²) in [5.74, 6) is 0.789. The molecule has 8 heteroatoms. The average molecular weight is 488 g/mol. The van der Waals surface area contributed by atoms with Gasteiger partial charge in [0.2, 0.25) is 0 Å². The lowest BCUT2D eigenvalue weighted by Crippen LogP contribution is -2.40. The molecule has 5 rings (SSSR count). The molecule has 4 aromatic rings. The van der Waals surface area contributed by atoms with Gasteiger partial charge < -0.3 is 14.4 Å². The van der Waals surface area contributed by atoms with E-state index in [0.29, 0.717) is 44.5 Å². The van der Waals surface area contributed by atoms with Crippen molar-refractivity contribution >= 4 is 50.3 Å². The maximum absolute atomic E-state index is 13.8. The van der Waals surface area contributed by atoms with E-state index in [-0.39, 0.29) is 17.8 Å².